The highest BCUT2D eigenvalue weighted by atomic mass is 16.6. The van der Waals surface area contributed by atoms with Crippen LogP contribution in [-0.4, -0.2) is 38.6 Å². The molecule has 38 heavy (non-hydrogen) atoms. The van der Waals surface area contributed by atoms with Gasteiger partial charge < -0.3 is 23.6 Å². The van der Waals surface area contributed by atoms with Crippen LogP contribution < -0.4 is 0 Å². The van der Waals surface area contributed by atoms with Crippen molar-refractivity contribution in [2.45, 2.75) is 51.0 Å². The van der Waals surface area contributed by atoms with E-state index in [0.717, 1.165) is 17.7 Å². The zero-order chi connectivity index (χ0) is 26.6. The van der Waals surface area contributed by atoms with Crippen molar-refractivity contribution in [3.05, 3.63) is 108 Å². The van der Waals surface area contributed by atoms with Gasteiger partial charge in [-0.05, 0) is 36.8 Å². The maximum atomic E-state index is 13.3. The first kappa shape index (κ1) is 26.6. The van der Waals surface area contributed by atoms with Gasteiger partial charge in [0.05, 0.1) is 24.5 Å². The largest absolute Gasteiger partial charge is 0.444 e. The highest BCUT2D eigenvalue weighted by molar-refractivity contribution is 5.88. The van der Waals surface area contributed by atoms with Gasteiger partial charge in [-0.2, -0.15) is 0 Å². The summed E-state index contributed by atoms with van der Waals surface area (Å²) in [6, 6.07) is 18.2. The normalized spacial score (nSPS) is 12.4. The van der Waals surface area contributed by atoms with E-state index in [2.05, 4.69) is 10.3 Å². The minimum absolute atomic E-state index is 0.101. The van der Waals surface area contributed by atoms with Crippen LogP contribution in [0.3, 0.4) is 0 Å². The number of hydrogen-bond donors (Lipinski definition) is 1. The van der Waals surface area contributed by atoms with Gasteiger partial charge in [0.25, 0.3) is 0 Å². The number of ether oxygens (including phenoxy) is 2. The van der Waals surface area contributed by atoms with Gasteiger partial charge in [-0.15, -0.1) is 0 Å². The minimum Gasteiger partial charge on any atom is -0.444 e. The van der Waals surface area contributed by atoms with Gasteiger partial charge in [0, 0.05) is 11.1 Å². The number of benzene rings is 2. The minimum atomic E-state index is -0.924. The standard InChI is InChI=1S/C28H29N3O7/c32-25(13-7-10-21-8-3-1-4-9-21)14-26(24-11-5-2-6-12-24)31(27(33)35-17-22-15-29-37-19-22)28(34)36-18-23-16-30-38-20-23/h1-6,8-9,11-12,15-16,19-20,25-26,32H,7,10,13-14,17-18H2. The van der Waals surface area contributed by atoms with E-state index in [1.54, 1.807) is 24.3 Å². The van der Waals surface area contributed by atoms with Crippen molar-refractivity contribution in [3.8, 4) is 0 Å². The second-order valence-corrected chi connectivity index (χ2v) is 8.74. The van der Waals surface area contributed by atoms with Gasteiger partial charge in [0.15, 0.2) is 0 Å². The summed E-state index contributed by atoms with van der Waals surface area (Å²) in [6.45, 7) is -0.308. The van der Waals surface area contributed by atoms with Crippen molar-refractivity contribution in [2.24, 2.45) is 0 Å². The van der Waals surface area contributed by atoms with E-state index in [1.165, 1.54) is 30.5 Å². The Morgan fingerprint density at radius 2 is 1.37 bits per heavy atom. The molecule has 198 valence electrons. The maximum absolute atomic E-state index is 13.3. The fourth-order valence-electron chi connectivity index (χ4n) is 3.98. The Morgan fingerprint density at radius 1 is 0.816 bits per heavy atom. The van der Waals surface area contributed by atoms with Crippen LogP contribution >= 0.6 is 0 Å². The SMILES string of the molecule is O=C(OCc1cnoc1)N(C(=O)OCc1cnoc1)C(CC(O)CCCc1ccccc1)c1ccccc1. The molecule has 0 bridgehead atoms. The molecule has 4 rings (SSSR count). The quantitative estimate of drug-likeness (QED) is 0.260. The van der Waals surface area contributed by atoms with E-state index in [4.69, 9.17) is 18.5 Å². The number of imide groups is 1. The highest BCUT2D eigenvalue weighted by Gasteiger charge is 2.35. The van der Waals surface area contributed by atoms with E-state index >= 15 is 0 Å². The van der Waals surface area contributed by atoms with Crippen LogP contribution in [0.1, 0.15) is 47.6 Å². The predicted octanol–water partition coefficient (Wildman–Crippen LogP) is 5.45. The van der Waals surface area contributed by atoms with E-state index in [-0.39, 0.29) is 19.6 Å². The van der Waals surface area contributed by atoms with Crippen molar-refractivity contribution in [2.75, 3.05) is 0 Å². The smallest absolute Gasteiger partial charge is 0.420 e. The molecule has 2 heterocycles. The van der Waals surface area contributed by atoms with Gasteiger partial charge in [-0.25, -0.2) is 14.5 Å². The molecule has 0 aliphatic rings. The van der Waals surface area contributed by atoms with E-state index in [1.807, 2.05) is 36.4 Å². The number of aliphatic hydroxyl groups is 1. The lowest BCUT2D eigenvalue weighted by molar-refractivity contribution is 0.0426. The molecule has 0 saturated carbocycles. The average Bonchev–Trinajstić information content (AvgIpc) is 3.66. The molecule has 0 saturated heterocycles. The predicted molar refractivity (Wildman–Crippen MR) is 134 cm³/mol. The van der Waals surface area contributed by atoms with Crippen molar-refractivity contribution >= 4 is 12.2 Å². The van der Waals surface area contributed by atoms with Gasteiger partial charge >= 0.3 is 12.2 Å². The Morgan fingerprint density at radius 3 is 1.89 bits per heavy atom. The molecule has 0 aliphatic heterocycles. The Kier molecular flexibility index (Phi) is 9.63. The Bertz CT molecular complexity index is 1180. The molecule has 4 aromatic rings. The molecule has 2 unspecified atom stereocenters. The van der Waals surface area contributed by atoms with Gasteiger partial charge in [0.1, 0.15) is 25.7 Å². The molecule has 0 spiro atoms. The third-order valence-electron chi connectivity index (χ3n) is 5.92. The van der Waals surface area contributed by atoms with Crippen LogP contribution in [0, 0.1) is 0 Å². The van der Waals surface area contributed by atoms with E-state index < -0.39 is 24.3 Å². The number of amides is 2. The first-order valence-corrected chi connectivity index (χ1v) is 12.3. The molecular weight excluding hydrogens is 490 g/mol. The molecule has 2 atom stereocenters. The van der Waals surface area contributed by atoms with E-state index in [9.17, 15) is 14.7 Å². The Balaban J connectivity index is 1.50. The fraction of sp³-hybridized carbons (Fsp3) is 0.286. The molecule has 2 aromatic carbocycles. The number of aromatic nitrogens is 2. The van der Waals surface area contributed by atoms with Crippen molar-refractivity contribution in [1.82, 2.24) is 15.2 Å². The summed E-state index contributed by atoms with van der Waals surface area (Å²) in [6.07, 6.45) is 4.99. The molecule has 0 aliphatic carbocycles. The molecule has 10 nitrogen and oxygen atoms in total. The first-order chi connectivity index (χ1) is 18.6. The third-order valence-corrected chi connectivity index (χ3v) is 5.92. The summed E-state index contributed by atoms with van der Waals surface area (Å²) >= 11 is 0. The van der Waals surface area contributed by atoms with Gasteiger partial charge in [0.2, 0.25) is 0 Å². The second kappa shape index (κ2) is 13.8. The van der Waals surface area contributed by atoms with Crippen LogP contribution in [0.5, 0.6) is 0 Å². The lowest BCUT2D eigenvalue weighted by Crippen LogP contribution is -2.42. The van der Waals surface area contributed by atoms with Crippen molar-refractivity contribution < 1.29 is 33.2 Å². The number of aliphatic hydroxyl groups excluding tert-OH is 1. The Hall–Kier alpha value is -4.44. The number of hydrogen-bond acceptors (Lipinski definition) is 9. The maximum Gasteiger partial charge on any atom is 0.420 e. The molecule has 2 amide bonds. The summed E-state index contributed by atoms with van der Waals surface area (Å²) in [5.74, 6) is 0. The number of rotatable bonds is 12. The number of carbonyl (C=O) groups excluding carboxylic acids is 2. The zero-order valence-electron chi connectivity index (χ0n) is 20.7. The van der Waals surface area contributed by atoms with Crippen LogP contribution in [-0.2, 0) is 29.1 Å². The average molecular weight is 520 g/mol. The monoisotopic (exact) mass is 519 g/mol. The number of carbonyl (C=O) groups is 2. The third kappa shape index (κ3) is 7.78. The van der Waals surface area contributed by atoms with Crippen molar-refractivity contribution in [3.63, 3.8) is 0 Å². The molecule has 2 aromatic heterocycles. The summed E-state index contributed by atoms with van der Waals surface area (Å²) in [5, 5.41) is 18.1. The van der Waals surface area contributed by atoms with Crippen LogP contribution in [0.4, 0.5) is 9.59 Å². The van der Waals surface area contributed by atoms with E-state index in [0.29, 0.717) is 23.1 Å². The summed E-state index contributed by atoms with van der Waals surface area (Å²) in [5.41, 5.74) is 2.87. The molecule has 0 radical (unpaired) electrons. The summed E-state index contributed by atoms with van der Waals surface area (Å²) in [7, 11) is 0. The van der Waals surface area contributed by atoms with Crippen LogP contribution in [0.2, 0.25) is 0 Å². The molecule has 10 heteroatoms. The molecule has 0 fully saturated rings. The number of nitrogens with zero attached hydrogens (tertiary/aromatic N) is 3. The zero-order valence-corrected chi connectivity index (χ0v) is 20.7. The lowest BCUT2D eigenvalue weighted by Gasteiger charge is -2.30. The van der Waals surface area contributed by atoms with Gasteiger partial charge in [-0.3, -0.25) is 0 Å². The fourth-order valence-corrected chi connectivity index (χ4v) is 3.98. The first-order valence-electron chi connectivity index (χ1n) is 12.3. The number of aryl methyl sites for hydroxylation is 1. The van der Waals surface area contributed by atoms with Crippen molar-refractivity contribution in [1.29, 1.82) is 0 Å². The van der Waals surface area contributed by atoms with Crippen LogP contribution in [0.25, 0.3) is 0 Å². The van der Waals surface area contributed by atoms with Crippen LogP contribution in [0.15, 0.2) is 94.6 Å². The topological polar surface area (TPSA) is 128 Å². The highest BCUT2D eigenvalue weighted by Crippen LogP contribution is 2.29. The molecular formula is C28H29N3O7. The Labute approximate surface area is 219 Å². The summed E-state index contributed by atoms with van der Waals surface area (Å²) < 4.78 is 20.4. The van der Waals surface area contributed by atoms with Gasteiger partial charge in [-0.1, -0.05) is 71.0 Å². The molecule has 1 N–H and O–H groups in total. The summed E-state index contributed by atoms with van der Waals surface area (Å²) in [4.78, 5) is 27.5. The second-order valence-electron chi connectivity index (χ2n) is 8.74. The lowest BCUT2D eigenvalue weighted by atomic mass is 9.96.